The first kappa shape index (κ1) is 26.0. The van der Waals surface area contributed by atoms with E-state index >= 15 is 0 Å². The standard InChI is InChI=1S/C24H25F3N6O4/c1-3-4-12-32-18-19(29-22(32)31-14-11-28-15-17(31)37-21(35)24(25,26)27)33(23(36)30(2)20(18)34)13-10-16-8-6-5-7-9-16/h5-9,17,28H,10-15H2,1-2H3. The highest BCUT2D eigenvalue weighted by Gasteiger charge is 2.44. The number of piperazine rings is 1. The predicted molar refractivity (Wildman–Crippen MR) is 129 cm³/mol. The molecule has 0 radical (unpaired) electrons. The van der Waals surface area contributed by atoms with Gasteiger partial charge in [0.1, 0.15) is 0 Å². The summed E-state index contributed by atoms with van der Waals surface area (Å²) in [7, 11) is 1.35. The molecule has 0 aliphatic carbocycles. The number of carbonyl (C=O) groups is 1. The third kappa shape index (κ3) is 5.24. The van der Waals surface area contributed by atoms with Crippen LogP contribution in [0.4, 0.5) is 19.1 Å². The number of fused-ring (bicyclic) bond motifs is 1. The van der Waals surface area contributed by atoms with Crippen molar-refractivity contribution >= 4 is 23.1 Å². The number of hydrogen-bond acceptors (Lipinski definition) is 7. The molecule has 3 heterocycles. The van der Waals surface area contributed by atoms with Crippen LogP contribution in [0.25, 0.3) is 11.2 Å². The van der Waals surface area contributed by atoms with Gasteiger partial charge in [0.15, 0.2) is 17.4 Å². The highest BCUT2D eigenvalue weighted by Crippen LogP contribution is 2.25. The Hall–Kier alpha value is -4.05. The zero-order chi connectivity index (χ0) is 26.7. The van der Waals surface area contributed by atoms with E-state index in [9.17, 15) is 27.6 Å². The molecule has 0 bridgehead atoms. The topological polar surface area (TPSA) is 103 Å². The Bertz CT molecular complexity index is 1480. The monoisotopic (exact) mass is 518 g/mol. The SMILES string of the molecule is CC#CCn1c(N2CCNCC2OC(=O)C(F)(F)F)nc2c1c(=O)n(C)c(=O)n2CCc1ccccc1. The lowest BCUT2D eigenvalue weighted by Gasteiger charge is -2.36. The van der Waals surface area contributed by atoms with Crippen molar-refractivity contribution < 1.29 is 22.7 Å². The summed E-state index contributed by atoms with van der Waals surface area (Å²) in [5, 5.41) is 2.89. The Morgan fingerprint density at radius 1 is 1.22 bits per heavy atom. The van der Waals surface area contributed by atoms with Crippen molar-refractivity contribution in [1.82, 2.24) is 24.0 Å². The van der Waals surface area contributed by atoms with Crippen LogP contribution < -0.4 is 21.5 Å². The molecule has 0 spiro atoms. The van der Waals surface area contributed by atoms with Crippen molar-refractivity contribution in [3.63, 3.8) is 0 Å². The number of rotatable bonds is 6. The lowest BCUT2D eigenvalue weighted by atomic mass is 10.1. The van der Waals surface area contributed by atoms with Crippen LogP contribution in [-0.2, 0) is 36.1 Å². The molecule has 1 atom stereocenters. The quantitative estimate of drug-likeness (QED) is 0.384. The van der Waals surface area contributed by atoms with Gasteiger partial charge in [0.05, 0.1) is 13.1 Å². The maximum Gasteiger partial charge on any atom is 0.491 e. The average Bonchev–Trinajstić information content (AvgIpc) is 3.25. The number of anilines is 1. The first-order valence-electron chi connectivity index (χ1n) is 11.5. The fourth-order valence-corrected chi connectivity index (χ4v) is 4.16. The number of nitrogens with zero attached hydrogens (tertiary/aromatic N) is 5. The summed E-state index contributed by atoms with van der Waals surface area (Å²) in [5.41, 5.74) is -0.0731. The van der Waals surface area contributed by atoms with Crippen molar-refractivity contribution in [3.8, 4) is 11.8 Å². The lowest BCUT2D eigenvalue weighted by Crippen LogP contribution is -2.55. The normalized spacial score (nSPS) is 15.9. The van der Waals surface area contributed by atoms with E-state index in [2.05, 4.69) is 22.1 Å². The minimum Gasteiger partial charge on any atom is -0.433 e. The Kier molecular flexibility index (Phi) is 7.40. The second-order valence-corrected chi connectivity index (χ2v) is 8.39. The van der Waals surface area contributed by atoms with Gasteiger partial charge in [-0.15, -0.1) is 5.92 Å². The third-order valence-electron chi connectivity index (χ3n) is 6.02. The van der Waals surface area contributed by atoms with Crippen LogP contribution in [0.15, 0.2) is 39.9 Å². The number of halogens is 3. The van der Waals surface area contributed by atoms with Gasteiger partial charge in [-0.05, 0) is 18.9 Å². The van der Waals surface area contributed by atoms with E-state index in [1.807, 2.05) is 30.3 Å². The van der Waals surface area contributed by atoms with Gasteiger partial charge in [-0.25, -0.2) is 9.59 Å². The largest absolute Gasteiger partial charge is 0.491 e. The molecule has 4 rings (SSSR count). The second kappa shape index (κ2) is 10.5. The van der Waals surface area contributed by atoms with E-state index in [-0.39, 0.29) is 43.3 Å². The minimum atomic E-state index is -5.18. The summed E-state index contributed by atoms with van der Waals surface area (Å²) in [5.74, 6) is 3.32. The molecule has 1 aromatic carbocycles. The Morgan fingerprint density at radius 3 is 2.62 bits per heavy atom. The number of ether oxygens (including phenoxy) is 1. The maximum absolute atomic E-state index is 13.2. The summed E-state index contributed by atoms with van der Waals surface area (Å²) >= 11 is 0. The van der Waals surface area contributed by atoms with Gasteiger partial charge < -0.3 is 15.0 Å². The van der Waals surface area contributed by atoms with E-state index in [0.29, 0.717) is 13.0 Å². The van der Waals surface area contributed by atoms with Crippen molar-refractivity contribution in [2.24, 2.45) is 7.05 Å². The number of imidazole rings is 1. The molecule has 1 unspecified atom stereocenters. The van der Waals surface area contributed by atoms with Gasteiger partial charge in [0.25, 0.3) is 5.56 Å². The second-order valence-electron chi connectivity index (χ2n) is 8.39. The van der Waals surface area contributed by atoms with Crippen molar-refractivity contribution in [1.29, 1.82) is 0 Å². The number of esters is 1. The lowest BCUT2D eigenvalue weighted by molar-refractivity contribution is -0.205. The molecule has 0 saturated carbocycles. The Morgan fingerprint density at radius 2 is 1.95 bits per heavy atom. The van der Waals surface area contributed by atoms with Crippen LogP contribution in [0.2, 0.25) is 0 Å². The molecule has 2 aromatic heterocycles. The molecular formula is C24H25F3N6O4. The summed E-state index contributed by atoms with van der Waals surface area (Å²) in [6.45, 7) is 2.19. The molecular weight excluding hydrogens is 493 g/mol. The van der Waals surface area contributed by atoms with Crippen LogP contribution in [-0.4, -0.2) is 56.7 Å². The van der Waals surface area contributed by atoms with E-state index < -0.39 is 29.6 Å². The summed E-state index contributed by atoms with van der Waals surface area (Å²) in [6.07, 6.45) is -6.05. The third-order valence-corrected chi connectivity index (χ3v) is 6.02. The molecule has 10 nitrogen and oxygen atoms in total. The van der Waals surface area contributed by atoms with Gasteiger partial charge in [-0.3, -0.25) is 18.5 Å². The number of carbonyl (C=O) groups excluding carboxylic acids is 1. The summed E-state index contributed by atoms with van der Waals surface area (Å²) in [6, 6.07) is 9.43. The van der Waals surface area contributed by atoms with Crippen LogP contribution in [0.3, 0.4) is 0 Å². The van der Waals surface area contributed by atoms with E-state index in [0.717, 1.165) is 10.1 Å². The maximum atomic E-state index is 13.2. The van der Waals surface area contributed by atoms with E-state index in [4.69, 9.17) is 4.74 Å². The molecule has 0 amide bonds. The Labute approximate surface area is 209 Å². The first-order valence-corrected chi connectivity index (χ1v) is 11.5. The first-order chi connectivity index (χ1) is 17.6. The molecule has 1 N–H and O–H groups in total. The summed E-state index contributed by atoms with van der Waals surface area (Å²) in [4.78, 5) is 43.8. The fraction of sp³-hybridized carbons (Fsp3) is 0.417. The van der Waals surface area contributed by atoms with Crippen LogP contribution in [0.5, 0.6) is 0 Å². The van der Waals surface area contributed by atoms with Gasteiger partial charge >= 0.3 is 17.8 Å². The highest BCUT2D eigenvalue weighted by molar-refractivity contribution is 5.77. The van der Waals surface area contributed by atoms with Crippen LogP contribution in [0.1, 0.15) is 12.5 Å². The molecule has 1 aliphatic rings. The van der Waals surface area contributed by atoms with Gasteiger partial charge in [0.2, 0.25) is 5.95 Å². The Balaban J connectivity index is 1.86. The van der Waals surface area contributed by atoms with Gasteiger partial charge in [0, 0.05) is 26.7 Å². The number of benzene rings is 1. The molecule has 1 fully saturated rings. The van der Waals surface area contributed by atoms with Crippen molar-refractivity contribution in [3.05, 3.63) is 56.7 Å². The molecule has 1 aliphatic heterocycles. The van der Waals surface area contributed by atoms with Gasteiger partial charge in [-0.1, -0.05) is 36.3 Å². The molecule has 3 aromatic rings. The van der Waals surface area contributed by atoms with E-state index in [1.54, 1.807) is 6.92 Å². The smallest absolute Gasteiger partial charge is 0.433 e. The van der Waals surface area contributed by atoms with E-state index in [1.165, 1.54) is 21.1 Å². The fourth-order valence-electron chi connectivity index (χ4n) is 4.16. The zero-order valence-electron chi connectivity index (χ0n) is 20.2. The highest BCUT2D eigenvalue weighted by atomic mass is 19.4. The zero-order valence-corrected chi connectivity index (χ0v) is 20.2. The van der Waals surface area contributed by atoms with Crippen LogP contribution in [0, 0.1) is 11.8 Å². The predicted octanol–water partition coefficient (Wildman–Crippen LogP) is 1.00. The molecule has 13 heteroatoms. The minimum absolute atomic E-state index is 0.0155. The number of aromatic nitrogens is 4. The van der Waals surface area contributed by atoms with Crippen molar-refractivity contribution in [2.75, 3.05) is 24.5 Å². The molecule has 37 heavy (non-hydrogen) atoms. The number of alkyl halides is 3. The summed E-state index contributed by atoms with van der Waals surface area (Å²) < 4.78 is 47.3. The molecule has 1 saturated heterocycles. The van der Waals surface area contributed by atoms with Crippen molar-refractivity contribution in [2.45, 2.75) is 38.8 Å². The number of hydrogen-bond donors (Lipinski definition) is 1. The van der Waals surface area contributed by atoms with Gasteiger partial charge in [-0.2, -0.15) is 18.2 Å². The average molecular weight is 518 g/mol. The number of aryl methyl sites for hydroxylation is 2. The number of nitrogens with one attached hydrogen (secondary N) is 1. The molecule has 196 valence electrons. The van der Waals surface area contributed by atoms with Crippen LogP contribution >= 0.6 is 0 Å².